The number of rotatable bonds is 5. The quantitative estimate of drug-likeness (QED) is 0.850. The maximum absolute atomic E-state index is 12.8. The fourth-order valence-corrected chi connectivity index (χ4v) is 5.30. The molecule has 2 fully saturated rings. The van der Waals surface area contributed by atoms with Gasteiger partial charge in [0.1, 0.15) is 0 Å². The summed E-state index contributed by atoms with van der Waals surface area (Å²) in [4.78, 5) is 0. The Morgan fingerprint density at radius 2 is 2.25 bits per heavy atom. The maximum atomic E-state index is 12.8. The first-order valence-electron chi connectivity index (χ1n) is 7.30. The zero-order valence-electron chi connectivity index (χ0n) is 12.0. The Labute approximate surface area is 120 Å². The molecule has 0 aromatic carbocycles. The van der Waals surface area contributed by atoms with Crippen molar-refractivity contribution in [3.63, 3.8) is 0 Å². The third kappa shape index (κ3) is 2.17. The van der Waals surface area contributed by atoms with Crippen LogP contribution < -0.4 is 5.32 Å². The maximum Gasteiger partial charge on any atom is 0.262 e. The van der Waals surface area contributed by atoms with E-state index in [0.717, 1.165) is 30.6 Å². The van der Waals surface area contributed by atoms with Crippen LogP contribution in [0, 0.1) is 12.8 Å². The second-order valence-corrected chi connectivity index (χ2v) is 7.63. The lowest BCUT2D eigenvalue weighted by Gasteiger charge is -2.25. The SMILES string of the molecule is CCNCc1c(S(=O)(=O)N2CC3CCC2C3)n[nH]c1C. The lowest BCUT2D eigenvalue weighted by molar-refractivity contribution is 0.332. The first kappa shape index (κ1) is 14.0. The minimum absolute atomic E-state index is 0.189. The van der Waals surface area contributed by atoms with E-state index in [4.69, 9.17) is 0 Å². The summed E-state index contributed by atoms with van der Waals surface area (Å²) in [7, 11) is -3.46. The highest BCUT2D eigenvalue weighted by Gasteiger charge is 2.45. The number of aromatic nitrogens is 2. The number of hydrogen-bond donors (Lipinski definition) is 2. The summed E-state index contributed by atoms with van der Waals surface area (Å²) in [6.07, 6.45) is 3.18. The third-order valence-electron chi connectivity index (χ3n) is 4.50. The molecule has 2 heterocycles. The van der Waals surface area contributed by atoms with Gasteiger partial charge in [-0.2, -0.15) is 9.40 Å². The predicted molar refractivity (Wildman–Crippen MR) is 75.7 cm³/mol. The lowest BCUT2D eigenvalue weighted by Crippen LogP contribution is -2.38. The number of aryl methyl sites for hydroxylation is 1. The van der Waals surface area contributed by atoms with Gasteiger partial charge in [-0.1, -0.05) is 6.92 Å². The Kier molecular flexibility index (Phi) is 3.60. The predicted octanol–water partition coefficient (Wildman–Crippen LogP) is 1.00. The summed E-state index contributed by atoms with van der Waals surface area (Å²) >= 11 is 0. The molecule has 0 spiro atoms. The average molecular weight is 298 g/mol. The van der Waals surface area contributed by atoms with Gasteiger partial charge in [0.2, 0.25) is 0 Å². The zero-order valence-corrected chi connectivity index (χ0v) is 12.8. The Hall–Kier alpha value is -0.920. The topological polar surface area (TPSA) is 78.1 Å². The van der Waals surface area contributed by atoms with Gasteiger partial charge in [0.15, 0.2) is 5.03 Å². The largest absolute Gasteiger partial charge is 0.313 e. The highest BCUT2D eigenvalue weighted by atomic mass is 32.2. The molecular formula is C13H22N4O2S. The van der Waals surface area contributed by atoms with Crippen LogP contribution in [0.15, 0.2) is 5.03 Å². The second-order valence-electron chi connectivity index (χ2n) is 5.82. The van der Waals surface area contributed by atoms with E-state index in [0.29, 0.717) is 19.0 Å². The fraction of sp³-hybridized carbons (Fsp3) is 0.769. The fourth-order valence-electron chi connectivity index (χ4n) is 3.39. The first-order chi connectivity index (χ1) is 9.54. The van der Waals surface area contributed by atoms with Crippen molar-refractivity contribution in [2.45, 2.75) is 50.7 Å². The molecule has 0 amide bonds. The minimum Gasteiger partial charge on any atom is -0.313 e. The first-order valence-corrected chi connectivity index (χ1v) is 8.74. The Bertz CT molecular complexity index is 596. The number of sulfonamides is 1. The molecule has 1 aromatic heterocycles. The smallest absolute Gasteiger partial charge is 0.262 e. The molecule has 2 atom stereocenters. The number of nitrogens with one attached hydrogen (secondary N) is 2. The Morgan fingerprint density at radius 3 is 2.85 bits per heavy atom. The summed E-state index contributed by atoms with van der Waals surface area (Å²) < 4.78 is 27.3. The molecule has 2 aliphatic rings. The highest BCUT2D eigenvalue weighted by Crippen LogP contribution is 2.40. The van der Waals surface area contributed by atoms with Crippen LogP contribution in [0.4, 0.5) is 0 Å². The molecule has 2 N–H and O–H groups in total. The van der Waals surface area contributed by atoms with Crippen molar-refractivity contribution >= 4 is 10.0 Å². The van der Waals surface area contributed by atoms with E-state index in [1.807, 2.05) is 13.8 Å². The van der Waals surface area contributed by atoms with Gasteiger partial charge in [-0.15, -0.1) is 0 Å². The molecule has 2 unspecified atom stereocenters. The van der Waals surface area contributed by atoms with Crippen molar-refractivity contribution < 1.29 is 8.42 Å². The van der Waals surface area contributed by atoms with Crippen LogP contribution in [0.2, 0.25) is 0 Å². The summed E-state index contributed by atoms with van der Waals surface area (Å²) in [6.45, 7) is 5.88. The molecule has 1 aromatic rings. The molecule has 1 aliphatic carbocycles. The zero-order chi connectivity index (χ0) is 14.3. The third-order valence-corrected chi connectivity index (χ3v) is 6.39. The monoisotopic (exact) mass is 298 g/mol. The number of H-pyrrole nitrogens is 1. The summed E-state index contributed by atoms with van der Waals surface area (Å²) in [5.41, 5.74) is 1.60. The van der Waals surface area contributed by atoms with Crippen LogP contribution in [0.5, 0.6) is 0 Å². The van der Waals surface area contributed by atoms with Gasteiger partial charge in [-0.3, -0.25) is 5.10 Å². The number of hydrogen-bond acceptors (Lipinski definition) is 4. The second kappa shape index (κ2) is 5.13. The van der Waals surface area contributed by atoms with Gasteiger partial charge >= 0.3 is 0 Å². The highest BCUT2D eigenvalue weighted by molar-refractivity contribution is 7.89. The summed E-state index contributed by atoms with van der Waals surface area (Å²) in [6, 6.07) is 0.189. The van der Waals surface area contributed by atoms with Crippen LogP contribution in [0.3, 0.4) is 0 Å². The van der Waals surface area contributed by atoms with Gasteiger partial charge in [0, 0.05) is 30.4 Å². The van der Waals surface area contributed by atoms with Gasteiger partial charge < -0.3 is 5.32 Å². The number of piperidine rings is 1. The van der Waals surface area contributed by atoms with Crippen molar-refractivity contribution in [3.8, 4) is 0 Å². The van der Waals surface area contributed by atoms with Crippen LogP contribution in [0.25, 0.3) is 0 Å². The van der Waals surface area contributed by atoms with Crippen LogP contribution >= 0.6 is 0 Å². The molecule has 112 valence electrons. The molecule has 0 radical (unpaired) electrons. The summed E-state index contributed by atoms with van der Waals surface area (Å²) in [5, 5.41) is 10.3. The Morgan fingerprint density at radius 1 is 1.45 bits per heavy atom. The van der Waals surface area contributed by atoms with Crippen molar-refractivity contribution in [2.24, 2.45) is 5.92 Å². The molecule has 1 aliphatic heterocycles. The van der Waals surface area contributed by atoms with E-state index in [9.17, 15) is 8.42 Å². The Balaban J connectivity index is 1.91. The molecule has 1 saturated heterocycles. The number of aromatic amines is 1. The molecule has 1 saturated carbocycles. The van der Waals surface area contributed by atoms with Crippen molar-refractivity contribution in [1.82, 2.24) is 19.8 Å². The molecular weight excluding hydrogens is 276 g/mol. The molecule has 20 heavy (non-hydrogen) atoms. The van der Waals surface area contributed by atoms with Crippen molar-refractivity contribution in [2.75, 3.05) is 13.1 Å². The average Bonchev–Trinajstić information content (AvgIpc) is 3.11. The minimum atomic E-state index is -3.46. The standard InChI is InChI=1S/C13H22N4O2S/c1-3-14-7-12-9(2)15-16-13(12)20(18,19)17-8-10-4-5-11(17)6-10/h10-11,14H,3-8H2,1-2H3,(H,15,16). The molecule has 7 heteroatoms. The van der Waals surface area contributed by atoms with Gasteiger partial charge in [0.05, 0.1) is 0 Å². The molecule has 6 nitrogen and oxygen atoms in total. The van der Waals surface area contributed by atoms with E-state index in [1.54, 1.807) is 4.31 Å². The number of nitrogens with zero attached hydrogens (tertiary/aromatic N) is 2. The number of fused-ring (bicyclic) bond motifs is 2. The van der Waals surface area contributed by atoms with E-state index >= 15 is 0 Å². The van der Waals surface area contributed by atoms with Crippen molar-refractivity contribution in [3.05, 3.63) is 11.3 Å². The lowest BCUT2D eigenvalue weighted by atomic mass is 10.1. The van der Waals surface area contributed by atoms with Gasteiger partial charge in [-0.25, -0.2) is 8.42 Å². The van der Waals surface area contributed by atoms with Crippen LogP contribution in [0.1, 0.15) is 37.4 Å². The van der Waals surface area contributed by atoms with Crippen LogP contribution in [-0.2, 0) is 16.6 Å². The van der Waals surface area contributed by atoms with Crippen LogP contribution in [-0.4, -0.2) is 42.1 Å². The molecule has 3 rings (SSSR count). The van der Waals surface area contributed by atoms with E-state index in [1.165, 1.54) is 6.42 Å². The molecule has 2 bridgehead atoms. The summed E-state index contributed by atoms with van der Waals surface area (Å²) in [5.74, 6) is 0.548. The normalized spacial score (nSPS) is 26.5. The van der Waals surface area contributed by atoms with E-state index in [-0.39, 0.29) is 11.1 Å². The van der Waals surface area contributed by atoms with Gasteiger partial charge in [-0.05, 0) is 38.6 Å². The van der Waals surface area contributed by atoms with Crippen molar-refractivity contribution in [1.29, 1.82) is 0 Å². The van der Waals surface area contributed by atoms with E-state index < -0.39 is 10.0 Å². The van der Waals surface area contributed by atoms with E-state index in [2.05, 4.69) is 15.5 Å². The van der Waals surface area contributed by atoms with Gasteiger partial charge in [0.25, 0.3) is 10.0 Å².